The van der Waals surface area contributed by atoms with Crippen LogP contribution in [0.15, 0.2) is 16.6 Å². The second kappa shape index (κ2) is 7.98. The lowest BCUT2D eigenvalue weighted by molar-refractivity contribution is 0.0696. The molecule has 0 radical (unpaired) electrons. The van der Waals surface area contributed by atoms with Crippen LogP contribution in [0, 0.1) is 0 Å². The van der Waals surface area contributed by atoms with Crippen molar-refractivity contribution in [1.82, 2.24) is 5.32 Å². The number of aromatic carboxylic acids is 1. The Morgan fingerprint density at radius 3 is 2.76 bits per heavy atom. The number of hydrogen-bond acceptors (Lipinski definition) is 4. The van der Waals surface area contributed by atoms with E-state index in [9.17, 15) is 9.90 Å². The Morgan fingerprint density at radius 1 is 1.43 bits per heavy atom. The molecule has 2 atom stereocenters. The molecule has 7 heteroatoms. The zero-order valence-corrected chi connectivity index (χ0v) is 13.9. The summed E-state index contributed by atoms with van der Waals surface area (Å²) in [5.74, 6) is -0.972. The van der Waals surface area contributed by atoms with Crippen LogP contribution < -0.4 is 11.1 Å². The average Bonchev–Trinajstić information content (AvgIpc) is 2.40. The lowest BCUT2D eigenvalue weighted by Crippen LogP contribution is -2.35. The van der Waals surface area contributed by atoms with Crippen LogP contribution in [0.2, 0.25) is 0 Å². The van der Waals surface area contributed by atoms with E-state index in [0.717, 1.165) is 31.2 Å². The van der Waals surface area contributed by atoms with E-state index >= 15 is 0 Å². The van der Waals surface area contributed by atoms with Gasteiger partial charge in [0, 0.05) is 17.1 Å². The largest absolute Gasteiger partial charge is 0.478 e. The van der Waals surface area contributed by atoms with Crippen LogP contribution in [0.3, 0.4) is 0 Å². The van der Waals surface area contributed by atoms with Crippen molar-refractivity contribution in [3.05, 3.63) is 27.7 Å². The second-order valence-corrected chi connectivity index (χ2v) is 6.09. The molecule has 0 saturated heterocycles. The molecule has 0 heterocycles. The summed E-state index contributed by atoms with van der Waals surface area (Å²) in [6.07, 6.45) is 3.39. The first-order valence-electron chi connectivity index (χ1n) is 6.70. The fraction of sp³-hybridized carbons (Fsp3) is 0.500. The molecule has 0 aromatic heterocycles. The fourth-order valence-corrected chi connectivity index (χ4v) is 3.05. The minimum Gasteiger partial charge on any atom is -0.478 e. The number of aliphatic hydroxyl groups excluding tert-OH is 1. The number of nitrogens with two attached hydrogens (primary N) is 1. The highest BCUT2D eigenvalue weighted by Gasteiger charge is 2.20. The maximum absolute atomic E-state index is 11.1. The molecule has 1 aromatic rings. The van der Waals surface area contributed by atoms with E-state index in [1.165, 1.54) is 6.07 Å². The first kappa shape index (κ1) is 18.2. The van der Waals surface area contributed by atoms with Gasteiger partial charge in [0.1, 0.15) is 0 Å². The molecule has 5 N–H and O–H groups in total. The smallest absolute Gasteiger partial charge is 0.335 e. The van der Waals surface area contributed by atoms with Gasteiger partial charge in [-0.2, -0.15) is 0 Å². The van der Waals surface area contributed by atoms with Crippen LogP contribution in [0.4, 0.5) is 5.69 Å². The van der Waals surface area contributed by atoms with Crippen molar-refractivity contribution in [2.45, 2.75) is 44.4 Å². The zero-order valence-electron chi connectivity index (χ0n) is 11.5. The van der Waals surface area contributed by atoms with E-state index in [0.29, 0.717) is 16.7 Å². The van der Waals surface area contributed by atoms with Gasteiger partial charge in [0.05, 0.1) is 17.4 Å². The standard InChI is InChI=1S/C14H19BrN2O3.ClH/c15-12-5-8(14(19)20)4-9(13(12)16)7-17-10-2-1-3-11(18)6-10;/h4-5,10-11,17-18H,1-3,6-7,16H2,(H,19,20);1H/t10-,11+;/m0./s1. The number of carboxylic acids is 1. The molecule has 0 spiro atoms. The number of anilines is 1. The van der Waals surface area contributed by atoms with Crippen molar-refractivity contribution in [3.8, 4) is 0 Å². The van der Waals surface area contributed by atoms with Gasteiger partial charge in [-0.25, -0.2) is 4.79 Å². The summed E-state index contributed by atoms with van der Waals surface area (Å²) in [6.45, 7) is 0.503. The number of nitrogen functional groups attached to an aromatic ring is 1. The Kier molecular flexibility index (Phi) is 6.93. The number of hydrogen-bond donors (Lipinski definition) is 4. The van der Waals surface area contributed by atoms with Crippen molar-refractivity contribution < 1.29 is 15.0 Å². The van der Waals surface area contributed by atoms with Crippen molar-refractivity contribution in [2.75, 3.05) is 5.73 Å². The summed E-state index contributed by atoms with van der Waals surface area (Å²) in [5.41, 5.74) is 7.50. The zero-order chi connectivity index (χ0) is 14.7. The quantitative estimate of drug-likeness (QED) is 0.603. The van der Waals surface area contributed by atoms with Crippen LogP contribution in [0.1, 0.15) is 41.6 Å². The number of rotatable bonds is 4. The molecule has 0 amide bonds. The molecule has 0 unspecified atom stereocenters. The van der Waals surface area contributed by atoms with E-state index in [4.69, 9.17) is 10.8 Å². The third kappa shape index (κ3) is 4.85. The minimum absolute atomic E-state index is 0. The van der Waals surface area contributed by atoms with E-state index in [1.807, 2.05) is 0 Å². The van der Waals surface area contributed by atoms with E-state index < -0.39 is 5.97 Å². The molecule has 21 heavy (non-hydrogen) atoms. The van der Waals surface area contributed by atoms with Crippen molar-refractivity contribution in [2.24, 2.45) is 0 Å². The lowest BCUT2D eigenvalue weighted by atomic mass is 9.93. The van der Waals surface area contributed by atoms with Crippen LogP contribution in [-0.2, 0) is 6.54 Å². The molecule has 1 fully saturated rings. The molecular weight excluding hydrogens is 360 g/mol. The molecule has 1 aromatic carbocycles. The Hall–Kier alpha value is -0.820. The number of nitrogens with one attached hydrogen (secondary N) is 1. The Labute approximate surface area is 138 Å². The molecule has 2 rings (SSSR count). The molecule has 1 aliphatic rings. The molecule has 1 aliphatic carbocycles. The highest BCUT2D eigenvalue weighted by molar-refractivity contribution is 9.10. The van der Waals surface area contributed by atoms with Gasteiger partial charge in [-0.1, -0.05) is 0 Å². The Morgan fingerprint density at radius 2 is 2.14 bits per heavy atom. The Balaban J connectivity index is 0.00000220. The monoisotopic (exact) mass is 378 g/mol. The van der Waals surface area contributed by atoms with Gasteiger partial charge < -0.3 is 21.3 Å². The SMILES string of the molecule is Cl.Nc1c(Br)cc(C(=O)O)cc1CN[C@H]1CCC[C@@H](O)C1. The van der Waals surface area contributed by atoms with Crippen molar-refractivity contribution in [1.29, 1.82) is 0 Å². The first-order valence-corrected chi connectivity index (χ1v) is 7.49. The first-order chi connectivity index (χ1) is 9.47. The summed E-state index contributed by atoms with van der Waals surface area (Å²) in [7, 11) is 0. The van der Waals surface area contributed by atoms with Crippen molar-refractivity contribution >= 4 is 40.0 Å². The summed E-state index contributed by atoms with van der Waals surface area (Å²) < 4.78 is 0.595. The van der Waals surface area contributed by atoms with Gasteiger partial charge in [0.25, 0.3) is 0 Å². The highest BCUT2D eigenvalue weighted by Crippen LogP contribution is 2.26. The van der Waals surface area contributed by atoms with Crippen LogP contribution in [0.25, 0.3) is 0 Å². The van der Waals surface area contributed by atoms with Crippen molar-refractivity contribution in [3.63, 3.8) is 0 Å². The lowest BCUT2D eigenvalue weighted by Gasteiger charge is -2.27. The van der Waals surface area contributed by atoms with E-state index in [-0.39, 0.29) is 30.1 Å². The molecule has 118 valence electrons. The summed E-state index contributed by atoms with van der Waals surface area (Å²) in [4.78, 5) is 11.1. The van der Waals surface area contributed by atoms with Crippen LogP contribution >= 0.6 is 28.3 Å². The normalized spacial score (nSPS) is 21.6. The number of carbonyl (C=O) groups is 1. The molecule has 0 aliphatic heterocycles. The highest BCUT2D eigenvalue weighted by atomic mass is 79.9. The van der Waals surface area contributed by atoms with Crippen LogP contribution in [0.5, 0.6) is 0 Å². The van der Waals surface area contributed by atoms with Gasteiger partial charge in [0.2, 0.25) is 0 Å². The number of halogens is 2. The predicted octanol–water partition coefficient (Wildman–Crippen LogP) is 2.54. The summed E-state index contributed by atoms with van der Waals surface area (Å²) >= 11 is 3.28. The number of carboxylic acid groups (broad SMARTS) is 1. The molecular formula is C14H20BrClN2O3. The van der Waals surface area contributed by atoms with Gasteiger partial charge in [-0.05, 0) is 59.3 Å². The fourth-order valence-electron chi connectivity index (χ4n) is 2.55. The maximum atomic E-state index is 11.1. The topological polar surface area (TPSA) is 95.6 Å². The van der Waals surface area contributed by atoms with Gasteiger partial charge in [0.15, 0.2) is 0 Å². The predicted molar refractivity (Wildman–Crippen MR) is 87.9 cm³/mol. The summed E-state index contributed by atoms with van der Waals surface area (Å²) in [5, 5.41) is 22.1. The number of aliphatic hydroxyl groups is 1. The molecule has 5 nitrogen and oxygen atoms in total. The third-order valence-electron chi connectivity index (χ3n) is 3.69. The van der Waals surface area contributed by atoms with Crippen LogP contribution in [-0.4, -0.2) is 28.3 Å². The van der Waals surface area contributed by atoms with Gasteiger partial charge in [-0.3, -0.25) is 0 Å². The number of benzene rings is 1. The molecule has 0 bridgehead atoms. The van der Waals surface area contributed by atoms with Gasteiger partial charge >= 0.3 is 5.97 Å². The molecule has 1 saturated carbocycles. The van der Waals surface area contributed by atoms with E-state index in [1.54, 1.807) is 6.07 Å². The Bertz CT molecular complexity index is 513. The second-order valence-electron chi connectivity index (χ2n) is 5.23. The van der Waals surface area contributed by atoms with Gasteiger partial charge in [-0.15, -0.1) is 12.4 Å². The summed E-state index contributed by atoms with van der Waals surface area (Å²) in [6, 6.07) is 3.35. The van der Waals surface area contributed by atoms with E-state index in [2.05, 4.69) is 21.2 Å². The average molecular weight is 380 g/mol. The maximum Gasteiger partial charge on any atom is 0.335 e. The third-order valence-corrected chi connectivity index (χ3v) is 4.35. The minimum atomic E-state index is -0.972.